The molecule has 0 bridgehead atoms. The van der Waals surface area contributed by atoms with Crippen molar-refractivity contribution in [1.82, 2.24) is 15.6 Å². The van der Waals surface area contributed by atoms with Gasteiger partial charge in [0.1, 0.15) is 5.82 Å². The fraction of sp³-hybridized carbons (Fsp3) is 0.243. The van der Waals surface area contributed by atoms with Gasteiger partial charge < -0.3 is 20.7 Å². The van der Waals surface area contributed by atoms with Crippen molar-refractivity contribution in [3.05, 3.63) is 129 Å². The monoisotopic (exact) mass is 638 g/mol. The summed E-state index contributed by atoms with van der Waals surface area (Å²) in [6, 6.07) is 12.7. The number of aromatic nitrogens is 1. The zero-order chi connectivity index (χ0) is 33.5. The maximum absolute atomic E-state index is 13.5. The Morgan fingerprint density at radius 3 is 2.62 bits per heavy atom. The molecule has 0 aliphatic heterocycles. The maximum atomic E-state index is 13.5. The van der Waals surface area contributed by atoms with Crippen LogP contribution in [0.2, 0.25) is 0 Å². The molecular formula is C37H36F2N4O4. The number of carbonyl (C=O) groups is 3. The molecule has 1 heterocycles. The first-order valence-electron chi connectivity index (χ1n) is 15.3. The largest absolute Gasteiger partial charge is 0.383 e. The fourth-order valence-electron chi connectivity index (χ4n) is 5.75. The number of Topliss-reactive ketones (excluding diaryl/α,β-unsaturated/α-hetero) is 1. The summed E-state index contributed by atoms with van der Waals surface area (Å²) in [4.78, 5) is 42.9. The van der Waals surface area contributed by atoms with Crippen molar-refractivity contribution >= 4 is 35.1 Å². The average molecular weight is 639 g/mol. The third-order valence-corrected chi connectivity index (χ3v) is 8.13. The van der Waals surface area contributed by atoms with Crippen LogP contribution in [0.1, 0.15) is 52.9 Å². The molecule has 0 spiro atoms. The van der Waals surface area contributed by atoms with Crippen molar-refractivity contribution in [3.8, 4) is 0 Å². The number of halogens is 2. The van der Waals surface area contributed by atoms with Crippen molar-refractivity contribution in [3.63, 3.8) is 0 Å². The molecule has 2 aliphatic rings. The molecule has 5 rings (SSSR count). The van der Waals surface area contributed by atoms with E-state index in [-0.39, 0.29) is 18.2 Å². The number of nitrogens with zero attached hydrogens (tertiary/aromatic N) is 1. The predicted octanol–water partition coefficient (Wildman–Crippen LogP) is 5.72. The molecule has 2 aliphatic carbocycles. The molecule has 1 aromatic heterocycles. The van der Waals surface area contributed by atoms with Crippen LogP contribution >= 0.6 is 0 Å². The van der Waals surface area contributed by atoms with Gasteiger partial charge in [-0.2, -0.15) is 0 Å². The lowest BCUT2D eigenvalue weighted by atomic mass is 10.00. The second-order valence-electron chi connectivity index (χ2n) is 11.4. The van der Waals surface area contributed by atoms with Gasteiger partial charge in [-0.3, -0.25) is 14.4 Å². The van der Waals surface area contributed by atoms with Gasteiger partial charge in [0.2, 0.25) is 0 Å². The summed E-state index contributed by atoms with van der Waals surface area (Å²) in [6.45, 7) is 5.15. The quantitative estimate of drug-likeness (QED) is 0.173. The molecule has 0 saturated heterocycles. The van der Waals surface area contributed by atoms with Gasteiger partial charge in [0.25, 0.3) is 11.8 Å². The van der Waals surface area contributed by atoms with Crippen LogP contribution in [0.3, 0.4) is 0 Å². The molecule has 2 aromatic carbocycles. The molecule has 0 fully saturated rings. The Labute approximate surface area is 272 Å². The highest BCUT2D eigenvalue weighted by molar-refractivity contribution is 6.26. The van der Waals surface area contributed by atoms with Crippen molar-refractivity contribution in [2.45, 2.75) is 33.2 Å². The Morgan fingerprint density at radius 2 is 1.83 bits per heavy atom. The molecule has 3 aromatic rings. The second-order valence-corrected chi connectivity index (χ2v) is 11.4. The third-order valence-electron chi connectivity index (χ3n) is 8.13. The number of ketones is 1. The number of pyridine rings is 1. The first-order chi connectivity index (χ1) is 22.7. The highest BCUT2D eigenvalue weighted by atomic mass is 19.2. The summed E-state index contributed by atoms with van der Waals surface area (Å²) in [6.07, 6.45) is 8.25. The molecular weight excluding hydrogens is 602 g/mol. The molecule has 0 atom stereocenters. The van der Waals surface area contributed by atoms with Gasteiger partial charge in [0.05, 0.1) is 12.2 Å². The number of fused-ring (bicyclic) bond motifs is 1. The number of amides is 2. The van der Waals surface area contributed by atoms with E-state index in [1.54, 1.807) is 25.4 Å². The summed E-state index contributed by atoms with van der Waals surface area (Å²) in [5.74, 6) is -2.03. The van der Waals surface area contributed by atoms with Gasteiger partial charge in [-0.15, -0.1) is 0 Å². The molecule has 0 radical (unpaired) electrons. The van der Waals surface area contributed by atoms with E-state index in [1.807, 2.05) is 50.3 Å². The molecule has 242 valence electrons. The van der Waals surface area contributed by atoms with Crippen LogP contribution in [0.4, 0.5) is 14.6 Å². The van der Waals surface area contributed by atoms with E-state index < -0.39 is 17.5 Å². The summed E-state index contributed by atoms with van der Waals surface area (Å²) in [7, 11) is 1.59. The van der Waals surface area contributed by atoms with E-state index in [0.29, 0.717) is 60.6 Å². The van der Waals surface area contributed by atoms with Crippen molar-refractivity contribution in [2.75, 3.05) is 32.1 Å². The van der Waals surface area contributed by atoms with Gasteiger partial charge in [0, 0.05) is 50.5 Å². The predicted molar refractivity (Wildman–Crippen MR) is 177 cm³/mol. The number of hydrogen-bond acceptors (Lipinski definition) is 6. The highest BCUT2D eigenvalue weighted by Gasteiger charge is 2.28. The number of hydrogen-bond donors (Lipinski definition) is 3. The molecule has 3 N–H and O–H groups in total. The number of benzene rings is 2. The number of rotatable bonds is 12. The van der Waals surface area contributed by atoms with Crippen LogP contribution < -0.4 is 16.0 Å². The lowest BCUT2D eigenvalue weighted by Crippen LogP contribution is -2.28. The Balaban J connectivity index is 1.21. The molecule has 8 nitrogen and oxygen atoms in total. The Morgan fingerprint density at radius 1 is 1.00 bits per heavy atom. The van der Waals surface area contributed by atoms with Crippen LogP contribution in [-0.4, -0.2) is 49.4 Å². The number of methoxy groups -OCH3 is 1. The minimum Gasteiger partial charge on any atom is -0.383 e. The summed E-state index contributed by atoms with van der Waals surface area (Å²) in [5.41, 5.74) is 7.68. The van der Waals surface area contributed by atoms with E-state index >= 15 is 0 Å². The zero-order valence-corrected chi connectivity index (χ0v) is 26.5. The highest BCUT2D eigenvalue weighted by Crippen LogP contribution is 2.37. The topological polar surface area (TPSA) is 109 Å². The standard InChI is InChI=1S/C37H36F2N4O4/c1-22-16-26(23(2)34(22)37(46)42-14-15-47-3)19-30-28-10-8-24(17-27(28)20-33(30)44)6-4-12-40-35-29(7-5-13-41-35)36(45)43-21-25-9-11-31(38)32(39)18-25/h4-11,13,17-19H,12,14-16,20-21H2,1-3H3,(H,40,41)(H,42,46)(H,43,45)/b6-4+,30-19-. The lowest BCUT2D eigenvalue weighted by molar-refractivity contribution is -0.117. The minimum atomic E-state index is -0.973. The third kappa shape index (κ3) is 7.78. The number of anilines is 1. The first-order valence-corrected chi connectivity index (χ1v) is 15.3. The minimum absolute atomic E-state index is 0.0310. The van der Waals surface area contributed by atoms with E-state index in [1.165, 1.54) is 6.07 Å². The van der Waals surface area contributed by atoms with Gasteiger partial charge in [-0.25, -0.2) is 13.8 Å². The van der Waals surface area contributed by atoms with Crippen molar-refractivity contribution in [2.24, 2.45) is 0 Å². The van der Waals surface area contributed by atoms with Gasteiger partial charge >= 0.3 is 0 Å². The Bertz CT molecular complexity index is 1860. The maximum Gasteiger partial charge on any atom is 0.255 e. The van der Waals surface area contributed by atoms with Crippen LogP contribution in [0.5, 0.6) is 0 Å². The zero-order valence-electron chi connectivity index (χ0n) is 26.5. The van der Waals surface area contributed by atoms with E-state index in [2.05, 4.69) is 20.9 Å². The number of allylic oxidation sites excluding steroid dienone is 4. The van der Waals surface area contributed by atoms with Crippen molar-refractivity contribution < 1.29 is 27.9 Å². The van der Waals surface area contributed by atoms with E-state index in [4.69, 9.17) is 4.74 Å². The normalized spacial score (nSPS) is 15.2. The summed E-state index contributed by atoms with van der Waals surface area (Å²) >= 11 is 0. The molecule has 2 amide bonds. The smallest absolute Gasteiger partial charge is 0.255 e. The number of carbonyl (C=O) groups excluding carboxylic acids is 3. The average Bonchev–Trinajstić information content (AvgIpc) is 3.52. The molecule has 0 saturated carbocycles. The number of nitrogens with one attached hydrogen (secondary N) is 3. The van der Waals surface area contributed by atoms with Gasteiger partial charge in [0.15, 0.2) is 17.4 Å². The SMILES string of the molecule is COCCNC(=O)C1=C(C)CC(/C=C2\C(=O)Cc3cc(/C=C/CNc4ncccc4C(=O)NCc4ccc(F)c(F)c4)ccc32)=C1C. The number of ether oxygens (including phenoxy) is 1. The second kappa shape index (κ2) is 14.9. The summed E-state index contributed by atoms with van der Waals surface area (Å²) in [5, 5.41) is 8.74. The van der Waals surface area contributed by atoms with E-state index in [9.17, 15) is 23.2 Å². The van der Waals surface area contributed by atoms with E-state index in [0.717, 1.165) is 45.5 Å². The van der Waals surface area contributed by atoms with Crippen molar-refractivity contribution in [1.29, 1.82) is 0 Å². The van der Waals surface area contributed by atoms with Crippen LogP contribution in [0.25, 0.3) is 11.6 Å². The lowest BCUT2D eigenvalue weighted by Gasteiger charge is -2.10. The Hall–Kier alpha value is -5.22. The Kier molecular flexibility index (Phi) is 10.5. The molecule has 0 unspecified atom stereocenters. The van der Waals surface area contributed by atoms with Crippen LogP contribution in [-0.2, 0) is 27.3 Å². The molecule has 47 heavy (non-hydrogen) atoms. The van der Waals surface area contributed by atoms with Gasteiger partial charge in [-0.1, -0.05) is 42.0 Å². The van der Waals surface area contributed by atoms with Gasteiger partial charge in [-0.05, 0) is 84.0 Å². The molecule has 10 heteroatoms. The van der Waals surface area contributed by atoms with Crippen LogP contribution in [0, 0.1) is 11.6 Å². The first kappa shape index (κ1) is 33.2. The summed E-state index contributed by atoms with van der Waals surface area (Å²) < 4.78 is 31.7. The fourth-order valence-corrected chi connectivity index (χ4v) is 5.75. The van der Waals surface area contributed by atoms with Crippen LogP contribution in [0.15, 0.2) is 89.2 Å².